The summed E-state index contributed by atoms with van der Waals surface area (Å²) in [5.74, 6) is 0.513. The van der Waals surface area contributed by atoms with Crippen LogP contribution in [-0.2, 0) is 14.8 Å². The molecule has 0 saturated heterocycles. The van der Waals surface area contributed by atoms with E-state index in [1.54, 1.807) is 38.2 Å². The Balaban J connectivity index is 1.79. The number of nitrogens with zero attached hydrogens (tertiary/aromatic N) is 2. The minimum Gasteiger partial charge on any atom is -0.497 e. The molecule has 0 aliphatic rings. The third-order valence-electron chi connectivity index (χ3n) is 4.86. The van der Waals surface area contributed by atoms with Gasteiger partial charge in [0.2, 0.25) is 15.9 Å². The first kappa shape index (κ1) is 24.5. The van der Waals surface area contributed by atoms with Crippen LogP contribution < -0.4 is 20.1 Å². The number of anilines is 2. The highest BCUT2D eigenvalue weighted by molar-refractivity contribution is 7.89. The second kappa shape index (κ2) is 10.6. The van der Waals surface area contributed by atoms with Crippen molar-refractivity contribution in [3.8, 4) is 22.8 Å². The molecule has 3 rings (SSSR count). The molecule has 0 aliphatic heterocycles. The number of carbonyl (C=O) groups excluding carboxylic acids is 1. The van der Waals surface area contributed by atoms with Crippen LogP contribution in [0.25, 0.3) is 11.3 Å². The van der Waals surface area contributed by atoms with Crippen molar-refractivity contribution >= 4 is 38.1 Å². The van der Waals surface area contributed by atoms with E-state index >= 15 is 0 Å². The quantitative estimate of drug-likeness (QED) is 0.447. The van der Waals surface area contributed by atoms with Crippen molar-refractivity contribution in [3.63, 3.8) is 0 Å². The molecule has 2 aromatic carbocycles. The molecule has 0 bridgehead atoms. The normalized spacial score (nSPS) is 11.3. The third kappa shape index (κ3) is 5.62. The monoisotopic (exact) mass is 490 g/mol. The molecule has 1 aromatic heterocycles. The number of nitrogens with one attached hydrogen (secondary N) is 2. The van der Waals surface area contributed by atoms with Crippen molar-refractivity contribution in [2.75, 3.05) is 45.0 Å². The van der Waals surface area contributed by atoms with Crippen LogP contribution in [0.15, 0.2) is 52.7 Å². The van der Waals surface area contributed by atoms with E-state index in [1.807, 2.05) is 11.4 Å². The molecule has 3 aromatic rings. The number of hydrogen-bond acceptors (Lipinski definition) is 8. The Morgan fingerprint density at radius 1 is 1.12 bits per heavy atom. The minimum atomic E-state index is -3.86. The summed E-state index contributed by atoms with van der Waals surface area (Å²) in [5, 5.41) is 8.44. The zero-order valence-corrected chi connectivity index (χ0v) is 20.4. The van der Waals surface area contributed by atoms with E-state index in [0.717, 1.165) is 20.7 Å². The number of likely N-dealkylation sites (N-methyl/N-ethyl adjacent to an activating group) is 1. The molecule has 0 fully saturated rings. The molecular weight excluding hydrogens is 464 g/mol. The molecule has 0 radical (unpaired) electrons. The smallest absolute Gasteiger partial charge is 0.243 e. The van der Waals surface area contributed by atoms with Gasteiger partial charge in [-0.15, -0.1) is 11.3 Å². The number of aromatic nitrogens is 1. The molecule has 176 valence electrons. The van der Waals surface area contributed by atoms with Gasteiger partial charge in [-0.3, -0.25) is 4.79 Å². The number of hydrogen-bond donors (Lipinski definition) is 2. The molecule has 0 saturated carbocycles. The van der Waals surface area contributed by atoms with Gasteiger partial charge in [0.1, 0.15) is 11.5 Å². The van der Waals surface area contributed by atoms with Crippen LogP contribution in [0, 0.1) is 0 Å². The SMILES string of the molecule is CCN(CC(=O)Nc1cc(-c2csc(NC)n2)ccc1OC)S(=O)(=O)c1ccc(OC)cc1. The predicted octanol–water partition coefficient (Wildman–Crippen LogP) is 3.52. The van der Waals surface area contributed by atoms with Crippen LogP contribution in [0.2, 0.25) is 0 Å². The van der Waals surface area contributed by atoms with Gasteiger partial charge in [0.15, 0.2) is 5.13 Å². The van der Waals surface area contributed by atoms with E-state index in [9.17, 15) is 13.2 Å². The fraction of sp³-hybridized carbons (Fsp3) is 0.273. The largest absolute Gasteiger partial charge is 0.497 e. The van der Waals surface area contributed by atoms with E-state index in [4.69, 9.17) is 9.47 Å². The number of thiazole rings is 1. The predicted molar refractivity (Wildman–Crippen MR) is 130 cm³/mol. The van der Waals surface area contributed by atoms with Crippen molar-refractivity contribution in [1.82, 2.24) is 9.29 Å². The Bertz CT molecular complexity index is 1210. The molecule has 1 amide bonds. The van der Waals surface area contributed by atoms with Gasteiger partial charge in [-0.05, 0) is 42.5 Å². The zero-order valence-electron chi connectivity index (χ0n) is 18.8. The fourth-order valence-electron chi connectivity index (χ4n) is 3.10. The van der Waals surface area contributed by atoms with Crippen molar-refractivity contribution in [2.45, 2.75) is 11.8 Å². The summed E-state index contributed by atoms with van der Waals surface area (Å²) >= 11 is 1.47. The maximum Gasteiger partial charge on any atom is 0.243 e. The van der Waals surface area contributed by atoms with Crippen LogP contribution >= 0.6 is 11.3 Å². The fourth-order valence-corrected chi connectivity index (χ4v) is 5.19. The Hall–Kier alpha value is -3.15. The first-order valence-corrected chi connectivity index (χ1v) is 12.4. The number of methoxy groups -OCH3 is 2. The number of carbonyl (C=O) groups is 1. The van der Waals surface area contributed by atoms with Crippen molar-refractivity contribution in [3.05, 3.63) is 47.8 Å². The molecule has 0 aliphatic carbocycles. The topological polar surface area (TPSA) is 110 Å². The van der Waals surface area contributed by atoms with Gasteiger partial charge in [0.25, 0.3) is 0 Å². The lowest BCUT2D eigenvalue weighted by atomic mass is 10.1. The standard InChI is InChI=1S/C22H26N4O5S2/c1-5-26(33(28,29)17-9-7-16(30-3)8-10-17)13-21(27)24-18-12-15(6-11-20(18)31-4)19-14-32-22(23-2)25-19/h6-12,14H,5,13H2,1-4H3,(H,23,25)(H,24,27). The average Bonchev–Trinajstić information content (AvgIpc) is 3.32. The summed E-state index contributed by atoms with van der Waals surface area (Å²) in [6.07, 6.45) is 0. The van der Waals surface area contributed by atoms with Crippen molar-refractivity contribution in [1.29, 1.82) is 0 Å². The van der Waals surface area contributed by atoms with Gasteiger partial charge in [0.05, 0.1) is 37.0 Å². The first-order valence-electron chi connectivity index (χ1n) is 10.1. The van der Waals surface area contributed by atoms with Gasteiger partial charge in [-0.1, -0.05) is 6.92 Å². The van der Waals surface area contributed by atoms with Crippen LogP contribution in [0.4, 0.5) is 10.8 Å². The molecule has 0 atom stereocenters. The van der Waals surface area contributed by atoms with Crippen LogP contribution in [0.1, 0.15) is 6.92 Å². The maximum atomic E-state index is 13.0. The summed E-state index contributed by atoms with van der Waals surface area (Å²) < 4.78 is 37.6. The Morgan fingerprint density at radius 3 is 2.42 bits per heavy atom. The molecule has 0 unspecified atom stereocenters. The molecule has 2 N–H and O–H groups in total. The van der Waals surface area contributed by atoms with Crippen molar-refractivity contribution < 1.29 is 22.7 Å². The molecule has 11 heteroatoms. The van der Waals surface area contributed by atoms with E-state index in [1.165, 1.54) is 37.7 Å². The lowest BCUT2D eigenvalue weighted by Gasteiger charge is -2.20. The second-order valence-corrected chi connectivity index (χ2v) is 9.65. The van der Waals surface area contributed by atoms with E-state index in [-0.39, 0.29) is 18.0 Å². The van der Waals surface area contributed by atoms with E-state index in [2.05, 4.69) is 15.6 Å². The lowest BCUT2D eigenvalue weighted by molar-refractivity contribution is -0.116. The van der Waals surface area contributed by atoms with Crippen LogP contribution in [0.5, 0.6) is 11.5 Å². The van der Waals surface area contributed by atoms with Crippen LogP contribution in [0.3, 0.4) is 0 Å². The van der Waals surface area contributed by atoms with Gasteiger partial charge in [-0.2, -0.15) is 4.31 Å². The summed E-state index contributed by atoms with van der Waals surface area (Å²) in [5.41, 5.74) is 1.97. The highest BCUT2D eigenvalue weighted by Gasteiger charge is 2.25. The average molecular weight is 491 g/mol. The van der Waals surface area contributed by atoms with Gasteiger partial charge in [0, 0.05) is 24.5 Å². The Labute approximate surface area is 197 Å². The van der Waals surface area contributed by atoms with Crippen LogP contribution in [-0.4, -0.2) is 58.0 Å². The maximum absolute atomic E-state index is 13.0. The van der Waals surface area contributed by atoms with Gasteiger partial charge in [-0.25, -0.2) is 13.4 Å². The number of rotatable bonds is 10. The first-order chi connectivity index (χ1) is 15.8. The highest BCUT2D eigenvalue weighted by Crippen LogP contribution is 2.32. The van der Waals surface area contributed by atoms with Gasteiger partial charge >= 0.3 is 0 Å². The molecular formula is C22H26N4O5S2. The zero-order chi connectivity index (χ0) is 24.0. The summed E-state index contributed by atoms with van der Waals surface area (Å²) in [4.78, 5) is 17.4. The lowest BCUT2D eigenvalue weighted by Crippen LogP contribution is -2.37. The van der Waals surface area contributed by atoms with Crippen molar-refractivity contribution in [2.24, 2.45) is 0 Å². The van der Waals surface area contributed by atoms with Gasteiger partial charge < -0.3 is 20.1 Å². The number of sulfonamides is 1. The molecule has 1 heterocycles. The molecule has 9 nitrogen and oxygen atoms in total. The summed E-state index contributed by atoms with van der Waals surface area (Å²) in [6.45, 7) is 1.46. The Morgan fingerprint density at radius 2 is 1.85 bits per heavy atom. The van der Waals surface area contributed by atoms with E-state index < -0.39 is 15.9 Å². The molecule has 33 heavy (non-hydrogen) atoms. The van der Waals surface area contributed by atoms with E-state index in [0.29, 0.717) is 17.2 Å². The summed E-state index contributed by atoms with van der Waals surface area (Å²) in [7, 11) is 0.936. The third-order valence-corrected chi connectivity index (χ3v) is 7.65. The molecule has 0 spiro atoms. The summed E-state index contributed by atoms with van der Waals surface area (Å²) in [6, 6.07) is 11.4. The number of ether oxygens (including phenoxy) is 2. The Kier molecular flexibility index (Phi) is 7.90. The number of amides is 1. The number of benzene rings is 2. The highest BCUT2D eigenvalue weighted by atomic mass is 32.2. The minimum absolute atomic E-state index is 0.0846. The second-order valence-electron chi connectivity index (χ2n) is 6.86.